The lowest BCUT2D eigenvalue weighted by molar-refractivity contribution is -0.118. The molecule has 0 unspecified atom stereocenters. The summed E-state index contributed by atoms with van der Waals surface area (Å²) < 4.78 is 10.8. The molecule has 0 atom stereocenters. The van der Waals surface area contributed by atoms with Crippen LogP contribution in [-0.4, -0.2) is 43.1 Å². The zero-order valence-electron chi connectivity index (χ0n) is 25.0. The number of fused-ring (bicyclic) bond motifs is 1. The predicted octanol–water partition coefficient (Wildman–Crippen LogP) is 8.15. The van der Waals surface area contributed by atoms with Crippen LogP contribution >= 0.6 is 23.2 Å². The van der Waals surface area contributed by atoms with Crippen molar-refractivity contribution >= 4 is 40.0 Å². The first-order valence-corrected chi connectivity index (χ1v) is 14.7. The van der Waals surface area contributed by atoms with Crippen molar-refractivity contribution in [3.05, 3.63) is 94.1 Å². The fraction of sp³-hybridized carbons (Fsp3) is 0.324. The van der Waals surface area contributed by atoms with E-state index in [4.69, 9.17) is 38.4 Å². The highest BCUT2D eigenvalue weighted by Gasteiger charge is 2.07. The number of hydrogen-bond acceptors (Lipinski definition) is 4. The number of benzene rings is 3. The van der Waals surface area contributed by atoms with Gasteiger partial charge in [-0.25, -0.2) is 0 Å². The van der Waals surface area contributed by atoms with E-state index in [9.17, 15) is 4.79 Å². The number of ether oxygens (including phenoxy) is 2. The van der Waals surface area contributed by atoms with Crippen molar-refractivity contribution in [1.82, 2.24) is 9.88 Å². The largest absolute Gasteiger partial charge is 0.496 e. The number of terminal acetylenes is 1. The van der Waals surface area contributed by atoms with E-state index in [0.29, 0.717) is 35.2 Å². The molecule has 1 amide bonds. The summed E-state index contributed by atoms with van der Waals surface area (Å²) in [5, 5.41) is 2.37. The summed E-state index contributed by atoms with van der Waals surface area (Å²) in [5.74, 6) is 1.20. The minimum Gasteiger partial charge on any atom is -0.496 e. The van der Waals surface area contributed by atoms with Gasteiger partial charge in [-0.15, -0.1) is 12.8 Å². The van der Waals surface area contributed by atoms with Crippen LogP contribution in [0.25, 0.3) is 10.9 Å². The number of carbonyl (C=O) groups excluding carboxylic acids is 1. The van der Waals surface area contributed by atoms with E-state index in [-0.39, 0.29) is 5.91 Å². The van der Waals surface area contributed by atoms with Crippen molar-refractivity contribution in [3.63, 3.8) is 0 Å². The van der Waals surface area contributed by atoms with Gasteiger partial charge in [-0.2, -0.15) is 0 Å². The Morgan fingerprint density at radius 1 is 0.952 bits per heavy atom. The van der Waals surface area contributed by atoms with Gasteiger partial charge in [0.05, 0.1) is 18.7 Å². The quantitative estimate of drug-likeness (QED) is 0.125. The highest BCUT2D eigenvalue weighted by molar-refractivity contribution is 6.35. The Labute approximate surface area is 261 Å². The van der Waals surface area contributed by atoms with Crippen molar-refractivity contribution in [1.29, 1.82) is 0 Å². The summed E-state index contributed by atoms with van der Waals surface area (Å²) in [4.78, 5) is 16.2. The molecule has 3 N–H and O–H groups in total. The summed E-state index contributed by atoms with van der Waals surface area (Å²) in [5.41, 5.74) is 8.86. The normalized spacial score (nSPS) is 9.93. The third-order valence-corrected chi connectivity index (χ3v) is 6.54. The number of halogens is 2. The van der Waals surface area contributed by atoms with E-state index in [0.717, 1.165) is 31.7 Å². The maximum Gasteiger partial charge on any atom is 0.217 e. The first kappa shape index (κ1) is 36.4. The van der Waals surface area contributed by atoms with Crippen molar-refractivity contribution in [2.75, 3.05) is 27.3 Å². The number of aryl methyl sites for hydroxylation is 1. The number of rotatable bonds is 12. The van der Waals surface area contributed by atoms with Crippen LogP contribution in [0.1, 0.15) is 44.2 Å². The van der Waals surface area contributed by atoms with E-state index in [1.165, 1.54) is 22.0 Å². The lowest BCUT2D eigenvalue weighted by Gasteiger charge is -2.18. The topological polar surface area (TPSA) is 80.6 Å². The summed E-state index contributed by atoms with van der Waals surface area (Å²) in [6, 6.07) is 21.7. The Bertz CT molecular complexity index is 1350. The second-order valence-corrected chi connectivity index (χ2v) is 9.85. The molecular weight excluding hydrogens is 569 g/mol. The Morgan fingerprint density at radius 2 is 1.64 bits per heavy atom. The van der Waals surface area contributed by atoms with E-state index >= 15 is 0 Å². The third kappa shape index (κ3) is 12.9. The number of aromatic amines is 1. The number of nitrogens with zero attached hydrogens (tertiary/aromatic N) is 1. The average molecular weight is 613 g/mol. The number of carbonyl (C=O) groups is 1. The molecule has 1 aromatic heterocycles. The summed E-state index contributed by atoms with van der Waals surface area (Å²) in [7, 11) is 3.90. The Kier molecular flexibility index (Phi) is 18.3. The Balaban J connectivity index is 0.000000403. The SMILES string of the molecule is C#C.CC.COc1ccccc1CN(C)CCCc1c[nH]c2ccccc12.NC(=O)CCCOc1ccc(Cl)cc1Cl. The number of nitrogens with two attached hydrogens (primary N) is 1. The van der Waals surface area contributed by atoms with E-state index in [2.05, 4.69) is 72.4 Å². The van der Waals surface area contributed by atoms with Gasteiger partial charge in [0.25, 0.3) is 0 Å². The molecule has 4 aromatic rings. The van der Waals surface area contributed by atoms with Crippen molar-refractivity contribution in [2.45, 2.75) is 46.1 Å². The van der Waals surface area contributed by atoms with Gasteiger partial charge in [-0.3, -0.25) is 4.79 Å². The monoisotopic (exact) mass is 611 g/mol. The van der Waals surface area contributed by atoms with Gasteiger partial charge in [0.1, 0.15) is 11.5 Å². The first-order valence-electron chi connectivity index (χ1n) is 13.9. The second kappa shape index (κ2) is 21.1. The molecule has 0 bridgehead atoms. The fourth-order valence-corrected chi connectivity index (χ4v) is 4.57. The van der Waals surface area contributed by atoms with Gasteiger partial charge in [0, 0.05) is 40.7 Å². The highest BCUT2D eigenvalue weighted by Crippen LogP contribution is 2.27. The standard InChI is InChI=1S/C20H24N2O.C10H11Cl2NO2.C2H6.C2H2/c1-22(15-17-8-3-6-12-20(17)23-2)13-7-9-16-14-21-19-11-5-4-10-18(16)19;11-7-3-4-9(8(12)6-7)15-5-1-2-10(13)14;2*1-2/h3-6,8,10-12,14,21H,7,9,13,15H2,1-2H3;3-4,6H,1-2,5H2,(H2,13,14);1-2H3;1-2H. The predicted molar refractivity (Wildman–Crippen MR) is 178 cm³/mol. The molecule has 3 aromatic carbocycles. The zero-order valence-corrected chi connectivity index (χ0v) is 26.5. The molecule has 1 heterocycles. The van der Waals surface area contributed by atoms with Gasteiger partial charge in [-0.05, 0) is 68.8 Å². The number of H-pyrrole nitrogens is 1. The number of nitrogens with one attached hydrogen (secondary N) is 1. The van der Waals surface area contributed by atoms with Crippen molar-refractivity contribution in [2.24, 2.45) is 5.73 Å². The number of para-hydroxylation sites is 2. The summed E-state index contributed by atoms with van der Waals surface area (Å²) in [6.07, 6.45) is 13.3. The van der Waals surface area contributed by atoms with Gasteiger partial charge in [0.2, 0.25) is 5.91 Å². The van der Waals surface area contributed by atoms with E-state index in [1.54, 1.807) is 25.3 Å². The highest BCUT2D eigenvalue weighted by atomic mass is 35.5. The molecule has 226 valence electrons. The molecule has 0 aliphatic heterocycles. The lowest BCUT2D eigenvalue weighted by Crippen LogP contribution is -2.20. The molecule has 0 fully saturated rings. The van der Waals surface area contributed by atoms with Crippen LogP contribution in [0.5, 0.6) is 11.5 Å². The molecule has 8 heteroatoms. The molecule has 0 saturated heterocycles. The molecular formula is C34H43Cl2N3O3. The van der Waals surface area contributed by atoms with Crippen LogP contribution in [0.3, 0.4) is 0 Å². The summed E-state index contributed by atoms with van der Waals surface area (Å²) >= 11 is 11.6. The number of amides is 1. The molecule has 4 rings (SSSR count). The van der Waals surface area contributed by atoms with Crippen LogP contribution in [0.2, 0.25) is 10.0 Å². The van der Waals surface area contributed by atoms with Gasteiger partial charge < -0.3 is 25.1 Å². The Hall–Kier alpha value is -3.63. The molecule has 0 aliphatic carbocycles. The van der Waals surface area contributed by atoms with E-state index in [1.807, 2.05) is 26.0 Å². The number of primary amides is 1. The molecule has 6 nitrogen and oxygen atoms in total. The second-order valence-electron chi connectivity index (χ2n) is 9.01. The van der Waals surface area contributed by atoms with E-state index < -0.39 is 0 Å². The first-order chi connectivity index (χ1) is 20.4. The van der Waals surface area contributed by atoms with Crippen LogP contribution in [0.15, 0.2) is 72.9 Å². The van der Waals surface area contributed by atoms with Crippen LogP contribution in [-0.2, 0) is 17.8 Å². The van der Waals surface area contributed by atoms with Crippen LogP contribution in [0.4, 0.5) is 0 Å². The average Bonchev–Trinajstić information content (AvgIpc) is 3.42. The van der Waals surface area contributed by atoms with Gasteiger partial charge in [0.15, 0.2) is 0 Å². The third-order valence-electron chi connectivity index (χ3n) is 6.01. The summed E-state index contributed by atoms with van der Waals surface area (Å²) in [6.45, 7) is 6.39. The maximum atomic E-state index is 10.4. The minimum atomic E-state index is -0.333. The molecule has 0 saturated carbocycles. The minimum absolute atomic E-state index is 0.311. The van der Waals surface area contributed by atoms with Gasteiger partial charge >= 0.3 is 0 Å². The van der Waals surface area contributed by atoms with Crippen LogP contribution in [0, 0.1) is 12.8 Å². The fourth-order valence-electron chi connectivity index (χ4n) is 4.10. The molecule has 0 aliphatic rings. The number of hydrogen-bond donors (Lipinski definition) is 2. The van der Waals surface area contributed by atoms with Gasteiger partial charge in [-0.1, -0.05) is 73.4 Å². The number of methoxy groups -OCH3 is 1. The Morgan fingerprint density at radius 3 is 2.33 bits per heavy atom. The number of aromatic nitrogens is 1. The molecule has 42 heavy (non-hydrogen) atoms. The molecule has 0 spiro atoms. The lowest BCUT2D eigenvalue weighted by atomic mass is 10.1. The van der Waals surface area contributed by atoms with Crippen molar-refractivity contribution < 1.29 is 14.3 Å². The zero-order chi connectivity index (χ0) is 31.3. The smallest absolute Gasteiger partial charge is 0.217 e. The molecule has 0 radical (unpaired) electrons. The van der Waals surface area contributed by atoms with Crippen molar-refractivity contribution in [3.8, 4) is 24.3 Å². The van der Waals surface area contributed by atoms with Crippen LogP contribution < -0.4 is 15.2 Å². The maximum absolute atomic E-state index is 10.4.